The Morgan fingerprint density at radius 1 is 1.06 bits per heavy atom. The van der Waals surface area contributed by atoms with Crippen LogP contribution in [0.3, 0.4) is 0 Å². The van der Waals surface area contributed by atoms with Crippen molar-refractivity contribution in [3.05, 3.63) is 18.2 Å². The number of hydrogen-bond donors (Lipinski definition) is 3. The van der Waals surface area contributed by atoms with Crippen LogP contribution in [0.5, 0.6) is 5.75 Å². The molecule has 0 radical (unpaired) electrons. The molecule has 6 heteroatoms. The number of phenols is 1. The molecule has 1 aliphatic rings. The largest absolute Gasteiger partial charge is 0.508 e. The highest BCUT2D eigenvalue weighted by atomic mass is 16.7. The van der Waals surface area contributed by atoms with E-state index in [0.717, 1.165) is 0 Å². The summed E-state index contributed by atoms with van der Waals surface area (Å²) in [5.74, 6) is 0.0405. The highest BCUT2D eigenvalue weighted by molar-refractivity contribution is 6.62. The fourth-order valence-electron chi connectivity index (χ4n) is 1.81. The van der Waals surface area contributed by atoms with Crippen molar-refractivity contribution in [2.45, 2.75) is 38.9 Å². The first-order chi connectivity index (χ1) is 8.25. The first kappa shape index (κ1) is 13.2. The minimum absolute atomic E-state index is 0.0405. The van der Waals surface area contributed by atoms with Crippen molar-refractivity contribution in [3.8, 4) is 5.75 Å². The zero-order chi connectivity index (χ0) is 13.6. The van der Waals surface area contributed by atoms with E-state index in [1.165, 1.54) is 6.07 Å². The van der Waals surface area contributed by atoms with Gasteiger partial charge in [-0.25, -0.2) is 0 Å². The van der Waals surface area contributed by atoms with Gasteiger partial charge >= 0.3 is 7.12 Å². The summed E-state index contributed by atoms with van der Waals surface area (Å²) in [6, 6.07) is 4.64. The predicted octanol–water partition coefficient (Wildman–Crippen LogP) is 1.49. The van der Waals surface area contributed by atoms with Gasteiger partial charge in [-0.1, -0.05) is 0 Å². The summed E-state index contributed by atoms with van der Waals surface area (Å²) in [5.41, 5.74) is 2.18. The molecule has 1 heterocycles. The molecule has 0 spiro atoms. The molecule has 1 aromatic rings. The van der Waals surface area contributed by atoms with Gasteiger partial charge in [-0.15, -0.1) is 0 Å². The van der Waals surface area contributed by atoms with Crippen LogP contribution in [-0.2, 0) is 9.31 Å². The summed E-state index contributed by atoms with van der Waals surface area (Å²) in [7, 11) is -0.561. The van der Waals surface area contributed by atoms with Crippen molar-refractivity contribution in [3.63, 3.8) is 0 Å². The van der Waals surface area contributed by atoms with E-state index >= 15 is 0 Å². The summed E-state index contributed by atoms with van der Waals surface area (Å²) in [5, 5.41) is 18.5. The third-order valence-corrected chi connectivity index (χ3v) is 3.59. The molecule has 0 aliphatic carbocycles. The minimum Gasteiger partial charge on any atom is -0.508 e. The highest BCUT2D eigenvalue weighted by Gasteiger charge is 2.51. The summed E-state index contributed by atoms with van der Waals surface area (Å²) in [4.78, 5) is 0. The van der Waals surface area contributed by atoms with Gasteiger partial charge in [-0.2, -0.15) is 0 Å². The van der Waals surface area contributed by atoms with Crippen LogP contribution in [0.1, 0.15) is 27.7 Å². The van der Waals surface area contributed by atoms with Gasteiger partial charge in [0, 0.05) is 6.07 Å². The van der Waals surface area contributed by atoms with Crippen LogP contribution in [0.15, 0.2) is 18.2 Å². The summed E-state index contributed by atoms with van der Waals surface area (Å²) < 4.78 is 11.7. The lowest BCUT2D eigenvalue weighted by molar-refractivity contribution is 0.00578. The van der Waals surface area contributed by atoms with Crippen molar-refractivity contribution in [2.75, 3.05) is 5.48 Å². The van der Waals surface area contributed by atoms with E-state index in [9.17, 15) is 5.11 Å². The molecule has 2 rings (SSSR count). The van der Waals surface area contributed by atoms with Gasteiger partial charge in [0.05, 0.1) is 16.9 Å². The first-order valence-corrected chi connectivity index (χ1v) is 5.85. The Hall–Kier alpha value is -1.24. The van der Waals surface area contributed by atoms with Gasteiger partial charge in [0.1, 0.15) is 5.75 Å². The number of nitrogens with one attached hydrogen (secondary N) is 1. The van der Waals surface area contributed by atoms with Crippen LogP contribution >= 0.6 is 0 Å². The van der Waals surface area contributed by atoms with E-state index < -0.39 is 18.3 Å². The molecule has 1 fully saturated rings. The summed E-state index contributed by atoms with van der Waals surface area (Å²) in [6.07, 6.45) is 0. The van der Waals surface area contributed by atoms with Crippen molar-refractivity contribution in [1.29, 1.82) is 0 Å². The third-order valence-electron chi connectivity index (χ3n) is 3.59. The molecule has 1 aromatic carbocycles. The van der Waals surface area contributed by atoms with Crippen LogP contribution in [0.25, 0.3) is 0 Å². The molecule has 0 aromatic heterocycles. The Bertz CT molecular complexity index is 445. The van der Waals surface area contributed by atoms with Crippen LogP contribution < -0.4 is 10.9 Å². The van der Waals surface area contributed by atoms with E-state index in [4.69, 9.17) is 14.5 Å². The Morgan fingerprint density at radius 3 is 2.11 bits per heavy atom. The number of benzene rings is 1. The fraction of sp³-hybridized carbons (Fsp3) is 0.500. The van der Waals surface area contributed by atoms with Crippen LogP contribution in [0, 0.1) is 0 Å². The standard InChI is InChI=1S/C12H18BNO4/c1-11(2)12(3,4)18-13(17-11)8-5-9(14-16)7-10(15)6-8/h5-7,14-16H,1-4H3. The number of anilines is 1. The topological polar surface area (TPSA) is 71.0 Å². The Balaban J connectivity index is 2.32. The maximum absolute atomic E-state index is 9.58. The van der Waals surface area contributed by atoms with E-state index in [0.29, 0.717) is 11.2 Å². The Kier molecular flexibility index (Phi) is 3.05. The van der Waals surface area contributed by atoms with Crippen molar-refractivity contribution < 1.29 is 19.6 Å². The molecule has 1 aliphatic heterocycles. The van der Waals surface area contributed by atoms with E-state index in [1.54, 1.807) is 12.1 Å². The summed E-state index contributed by atoms with van der Waals surface area (Å²) >= 11 is 0. The fourth-order valence-corrected chi connectivity index (χ4v) is 1.81. The Morgan fingerprint density at radius 2 is 1.61 bits per heavy atom. The second-order valence-electron chi connectivity index (χ2n) is 5.51. The van der Waals surface area contributed by atoms with E-state index in [-0.39, 0.29) is 5.75 Å². The van der Waals surface area contributed by atoms with Crippen molar-refractivity contribution in [1.82, 2.24) is 0 Å². The lowest BCUT2D eigenvalue weighted by Crippen LogP contribution is -2.41. The molecule has 98 valence electrons. The van der Waals surface area contributed by atoms with E-state index in [1.807, 2.05) is 33.2 Å². The molecule has 0 saturated carbocycles. The molecule has 5 nitrogen and oxygen atoms in total. The van der Waals surface area contributed by atoms with Gasteiger partial charge in [-0.3, -0.25) is 10.7 Å². The second kappa shape index (κ2) is 4.15. The molecule has 18 heavy (non-hydrogen) atoms. The van der Waals surface area contributed by atoms with Gasteiger partial charge in [-0.05, 0) is 45.3 Å². The van der Waals surface area contributed by atoms with Crippen molar-refractivity contribution >= 4 is 18.3 Å². The number of rotatable bonds is 2. The summed E-state index contributed by atoms with van der Waals surface area (Å²) in [6.45, 7) is 7.84. The smallest absolute Gasteiger partial charge is 0.495 e. The van der Waals surface area contributed by atoms with Crippen LogP contribution in [0.4, 0.5) is 5.69 Å². The normalized spacial score (nSPS) is 21.1. The Labute approximate surface area is 107 Å². The quantitative estimate of drug-likeness (QED) is 0.548. The molecule has 3 N–H and O–H groups in total. The monoisotopic (exact) mass is 251 g/mol. The molecule has 0 amide bonds. The van der Waals surface area contributed by atoms with E-state index in [2.05, 4.69) is 0 Å². The number of phenolic OH excluding ortho intramolecular Hbond substituents is 1. The van der Waals surface area contributed by atoms with Crippen molar-refractivity contribution in [2.24, 2.45) is 0 Å². The van der Waals surface area contributed by atoms with Gasteiger partial charge in [0.25, 0.3) is 0 Å². The zero-order valence-electron chi connectivity index (χ0n) is 11.0. The first-order valence-electron chi connectivity index (χ1n) is 5.85. The maximum Gasteiger partial charge on any atom is 0.495 e. The lowest BCUT2D eigenvalue weighted by atomic mass is 9.79. The molecule has 1 saturated heterocycles. The van der Waals surface area contributed by atoms with Gasteiger partial charge in [0.2, 0.25) is 0 Å². The number of hydrogen-bond acceptors (Lipinski definition) is 5. The van der Waals surface area contributed by atoms with Crippen LogP contribution in [-0.4, -0.2) is 28.6 Å². The SMILES string of the molecule is CC1(C)OB(c2cc(O)cc(NO)c2)OC1(C)C. The average Bonchev–Trinajstić information content (AvgIpc) is 2.47. The number of aromatic hydroxyl groups is 1. The van der Waals surface area contributed by atoms with Gasteiger partial charge in [0.15, 0.2) is 0 Å². The highest BCUT2D eigenvalue weighted by Crippen LogP contribution is 2.36. The minimum atomic E-state index is -0.561. The van der Waals surface area contributed by atoms with Gasteiger partial charge < -0.3 is 14.4 Å². The molecule has 0 bridgehead atoms. The molecule has 0 unspecified atom stereocenters. The molecular weight excluding hydrogens is 233 g/mol. The predicted molar refractivity (Wildman–Crippen MR) is 69.2 cm³/mol. The third kappa shape index (κ3) is 2.19. The maximum atomic E-state index is 9.58. The second-order valence-corrected chi connectivity index (χ2v) is 5.51. The lowest BCUT2D eigenvalue weighted by Gasteiger charge is -2.32. The molecular formula is C12H18BNO4. The van der Waals surface area contributed by atoms with Crippen LogP contribution in [0.2, 0.25) is 0 Å². The zero-order valence-corrected chi connectivity index (χ0v) is 11.0. The molecule has 0 atom stereocenters. The average molecular weight is 251 g/mol.